The number of aromatic amines is 1. The molecular formula is C36H36ClFN6O6. The van der Waals surface area contributed by atoms with Gasteiger partial charge < -0.3 is 24.8 Å². The van der Waals surface area contributed by atoms with Crippen LogP contribution in [0.2, 0.25) is 0 Å². The van der Waals surface area contributed by atoms with Gasteiger partial charge in [0.25, 0.3) is 17.4 Å². The molecule has 2 aliphatic rings. The van der Waals surface area contributed by atoms with Crippen LogP contribution in [0.1, 0.15) is 40.0 Å². The average molecular weight is 703 g/mol. The van der Waals surface area contributed by atoms with Gasteiger partial charge in [-0.25, -0.2) is 9.49 Å². The summed E-state index contributed by atoms with van der Waals surface area (Å²) in [5.74, 6) is -1.40. The number of alkyl halides is 1. The fraction of sp³-hybridized carbons (Fsp3) is 0.333. The molecule has 12 nitrogen and oxygen atoms in total. The van der Waals surface area contributed by atoms with Crippen molar-refractivity contribution in [2.24, 2.45) is 0 Å². The molecule has 1 aromatic heterocycles. The Kier molecular flexibility index (Phi) is 10.7. The van der Waals surface area contributed by atoms with Crippen LogP contribution < -0.4 is 20.5 Å². The van der Waals surface area contributed by atoms with Crippen molar-refractivity contribution in [2.45, 2.75) is 25.7 Å². The van der Waals surface area contributed by atoms with Crippen LogP contribution in [0.15, 0.2) is 65.5 Å². The van der Waals surface area contributed by atoms with E-state index < -0.39 is 11.7 Å². The molecular weight excluding hydrogens is 667 g/mol. The van der Waals surface area contributed by atoms with E-state index in [0.29, 0.717) is 34.3 Å². The molecule has 50 heavy (non-hydrogen) atoms. The van der Waals surface area contributed by atoms with Crippen LogP contribution in [0.5, 0.6) is 5.75 Å². The Morgan fingerprint density at radius 3 is 2.46 bits per heavy atom. The molecule has 6 rings (SSSR count). The Hall–Kier alpha value is -5.30. The zero-order valence-electron chi connectivity index (χ0n) is 27.3. The first-order valence-electron chi connectivity index (χ1n) is 16.4. The maximum Gasteiger partial charge on any atom is 0.272 e. The lowest BCUT2D eigenvalue weighted by Crippen LogP contribution is -2.51. The van der Waals surface area contributed by atoms with Crippen molar-refractivity contribution in [3.05, 3.63) is 99.2 Å². The van der Waals surface area contributed by atoms with E-state index in [2.05, 4.69) is 15.5 Å². The van der Waals surface area contributed by atoms with Crippen molar-refractivity contribution in [1.82, 2.24) is 25.3 Å². The zero-order chi connectivity index (χ0) is 35.2. The number of ether oxygens (including phenoxy) is 1. The van der Waals surface area contributed by atoms with E-state index in [9.17, 15) is 28.4 Å². The second kappa shape index (κ2) is 15.5. The Bertz CT molecular complexity index is 2000. The molecule has 0 bridgehead atoms. The largest absolute Gasteiger partial charge is 0.484 e. The van der Waals surface area contributed by atoms with Crippen molar-refractivity contribution < 1.29 is 28.3 Å². The van der Waals surface area contributed by atoms with Gasteiger partial charge >= 0.3 is 0 Å². The number of nitrogens with zero attached hydrogens (tertiary/aromatic N) is 4. The van der Waals surface area contributed by atoms with Crippen molar-refractivity contribution >= 4 is 51.7 Å². The monoisotopic (exact) mass is 702 g/mol. The molecule has 2 aliphatic heterocycles. The SMILES string of the molecule is O=C(COc1ccc2c(c1)CCCN2C(=O)CCl)NCCC(=O)N1CCN(C(=O)c2cc(Cc3n[nH]c(=O)c4ccccc34)ccc2F)CC1. The molecule has 0 atom stereocenters. The summed E-state index contributed by atoms with van der Waals surface area (Å²) in [4.78, 5) is 67.6. The van der Waals surface area contributed by atoms with Crippen LogP contribution in [0.25, 0.3) is 10.8 Å². The first-order valence-corrected chi connectivity index (χ1v) is 17.0. The van der Waals surface area contributed by atoms with Crippen LogP contribution in [0.4, 0.5) is 10.1 Å². The van der Waals surface area contributed by atoms with Gasteiger partial charge in [-0.05, 0) is 60.4 Å². The number of hydrogen-bond acceptors (Lipinski definition) is 7. The summed E-state index contributed by atoms with van der Waals surface area (Å²) in [6, 6.07) is 16.7. The molecule has 3 heterocycles. The molecule has 1 fully saturated rings. The zero-order valence-corrected chi connectivity index (χ0v) is 28.0. The van der Waals surface area contributed by atoms with Gasteiger partial charge in [-0.2, -0.15) is 5.10 Å². The van der Waals surface area contributed by atoms with Crippen molar-refractivity contribution in [3.63, 3.8) is 0 Å². The van der Waals surface area contributed by atoms with E-state index in [0.717, 1.165) is 24.1 Å². The number of halogens is 2. The summed E-state index contributed by atoms with van der Waals surface area (Å²) in [6.45, 7) is 1.54. The topological polar surface area (TPSA) is 145 Å². The van der Waals surface area contributed by atoms with E-state index >= 15 is 0 Å². The van der Waals surface area contributed by atoms with Gasteiger partial charge in [0.05, 0.1) is 16.6 Å². The summed E-state index contributed by atoms with van der Waals surface area (Å²) < 4.78 is 20.5. The Balaban J connectivity index is 0.952. The fourth-order valence-corrected chi connectivity index (χ4v) is 6.48. The van der Waals surface area contributed by atoms with Crippen molar-refractivity contribution in [3.8, 4) is 5.75 Å². The normalized spacial score (nSPS) is 14.3. The maximum atomic E-state index is 14.9. The number of carbonyl (C=O) groups excluding carboxylic acids is 4. The van der Waals surface area contributed by atoms with Gasteiger partial charge in [-0.15, -0.1) is 11.6 Å². The number of carbonyl (C=O) groups is 4. The molecule has 14 heteroatoms. The Morgan fingerprint density at radius 1 is 0.920 bits per heavy atom. The summed E-state index contributed by atoms with van der Waals surface area (Å²) in [6.07, 6.45) is 1.96. The highest BCUT2D eigenvalue weighted by atomic mass is 35.5. The second-order valence-corrected chi connectivity index (χ2v) is 12.4. The Labute approximate surface area is 292 Å². The van der Waals surface area contributed by atoms with E-state index in [-0.39, 0.29) is 86.9 Å². The van der Waals surface area contributed by atoms with E-state index in [1.54, 1.807) is 46.2 Å². The van der Waals surface area contributed by atoms with Gasteiger partial charge in [0.1, 0.15) is 17.4 Å². The number of rotatable bonds is 10. The smallest absolute Gasteiger partial charge is 0.272 e. The summed E-state index contributed by atoms with van der Waals surface area (Å²) in [7, 11) is 0. The van der Waals surface area contributed by atoms with Gasteiger partial charge in [0.2, 0.25) is 11.8 Å². The minimum atomic E-state index is -0.645. The van der Waals surface area contributed by atoms with Crippen molar-refractivity contribution in [1.29, 1.82) is 0 Å². The molecule has 4 amide bonds. The molecule has 4 aromatic rings. The van der Waals surface area contributed by atoms with Crippen LogP contribution in [0.3, 0.4) is 0 Å². The van der Waals surface area contributed by atoms with Crippen molar-refractivity contribution in [2.75, 3.05) is 56.7 Å². The number of piperazine rings is 1. The molecule has 0 saturated carbocycles. The number of amides is 4. The van der Waals surface area contributed by atoms with Gasteiger partial charge in [0, 0.05) is 63.2 Å². The lowest BCUT2D eigenvalue weighted by molar-refractivity contribution is -0.132. The third-order valence-electron chi connectivity index (χ3n) is 8.94. The van der Waals surface area contributed by atoms with Gasteiger partial charge in [-0.1, -0.05) is 24.3 Å². The second-order valence-electron chi connectivity index (χ2n) is 12.2. The highest BCUT2D eigenvalue weighted by molar-refractivity contribution is 6.29. The van der Waals surface area contributed by atoms with Gasteiger partial charge in [0.15, 0.2) is 6.61 Å². The number of fused-ring (bicyclic) bond motifs is 2. The standard InChI is InChI=1S/C36H36ClFN6O6/c37-21-34(47)44-13-3-4-24-20-25(8-10-31(24)44)50-22-32(45)39-12-11-33(46)42-14-16-43(17-15-42)36(49)28-18-23(7-9-29(28)38)19-30-26-5-1-2-6-27(26)35(48)41-40-30/h1-2,5-10,18,20H,3-4,11-17,19,21-22H2,(H,39,45)(H,41,48). The number of anilines is 1. The maximum absolute atomic E-state index is 14.9. The van der Waals surface area contributed by atoms with E-state index in [4.69, 9.17) is 16.3 Å². The summed E-state index contributed by atoms with van der Waals surface area (Å²) >= 11 is 5.74. The summed E-state index contributed by atoms with van der Waals surface area (Å²) in [5, 5.41) is 10.6. The Morgan fingerprint density at radius 2 is 1.68 bits per heavy atom. The molecule has 0 spiro atoms. The lowest BCUT2D eigenvalue weighted by Gasteiger charge is -2.35. The molecule has 1 saturated heterocycles. The minimum Gasteiger partial charge on any atom is -0.484 e. The van der Waals surface area contributed by atoms with E-state index in [1.807, 2.05) is 12.1 Å². The third kappa shape index (κ3) is 7.78. The van der Waals surface area contributed by atoms with Crippen LogP contribution in [-0.2, 0) is 27.2 Å². The molecule has 0 radical (unpaired) electrons. The van der Waals surface area contributed by atoms with Crippen LogP contribution in [0, 0.1) is 5.82 Å². The molecule has 0 unspecified atom stereocenters. The predicted molar refractivity (Wildman–Crippen MR) is 185 cm³/mol. The average Bonchev–Trinajstić information content (AvgIpc) is 3.15. The highest BCUT2D eigenvalue weighted by Gasteiger charge is 2.27. The van der Waals surface area contributed by atoms with E-state index in [1.165, 1.54) is 17.0 Å². The molecule has 3 aromatic carbocycles. The minimum absolute atomic E-state index is 0.0697. The first-order chi connectivity index (χ1) is 24.2. The molecule has 260 valence electrons. The number of benzene rings is 3. The third-order valence-corrected chi connectivity index (χ3v) is 9.17. The van der Waals surface area contributed by atoms with Crippen LogP contribution >= 0.6 is 11.6 Å². The number of hydrogen-bond donors (Lipinski definition) is 2. The fourth-order valence-electron chi connectivity index (χ4n) is 6.34. The lowest BCUT2D eigenvalue weighted by atomic mass is 10.0. The summed E-state index contributed by atoms with van der Waals surface area (Å²) in [5.41, 5.74) is 2.65. The first kappa shape index (κ1) is 34.6. The number of H-pyrrole nitrogens is 1. The van der Waals surface area contributed by atoms with Gasteiger partial charge in [-0.3, -0.25) is 24.0 Å². The molecule has 0 aliphatic carbocycles. The number of nitrogens with one attached hydrogen (secondary N) is 2. The van der Waals surface area contributed by atoms with Crippen LogP contribution in [-0.4, -0.2) is 95.4 Å². The molecule has 2 N–H and O–H groups in total. The predicted octanol–water partition coefficient (Wildman–Crippen LogP) is 3.04. The number of aryl methyl sites for hydroxylation is 1. The number of aromatic nitrogens is 2. The highest BCUT2D eigenvalue weighted by Crippen LogP contribution is 2.31. The quantitative estimate of drug-likeness (QED) is 0.242.